The second-order valence-electron chi connectivity index (χ2n) is 4.84. The van der Waals surface area contributed by atoms with Crippen molar-refractivity contribution in [3.63, 3.8) is 0 Å². The van der Waals surface area contributed by atoms with Gasteiger partial charge in [0.25, 0.3) is 5.91 Å². The molecule has 0 radical (unpaired) electrons. The highest BCUT2D eigenvalue weighted by Gasteiger charge is 2.60. The monoisotopic (exact) mass is 298 g/mol. The SMILES string of the molecule is C=C[C@@H]1C[C@]1(N)C(=O)NS(=O)(=O)C1(CF)CC1.Cl. The first-order valence-electron chi connectivity index (χ1n) is 5.35. The summed E-state index contributed by atoms with van der Waals surface area (Å²) >= 11 is 0. The van der Waals surface area contributed by atoms with Crippen LogP contribution in [0.2, 0.25) is 0 Å². The Kier molecular flexibility index (Phi) is 3.82. The van der Waals surface area contributed by atoms with Crippen LogP contribution in [0.4, 0.5) is 4.39 Å². The molecule has 2 rings (SSSR count). The lowest BCUT2D eigenvalue weighted by atomic mass is 10.2. The number of amides is 1. The fraction of sp³-hybridized carbons (Fsp3) is 0.700. The summed E-state index contributed by atoms with van der Waals surface area (Å²) in [6, 6.07) is 0. The molecule has 0 aliphatic heterocycles. The van der Waals surface area contributed by atoms with Crippen LogP contribution in [0.15, 0.2) is 12.7 Å². The fourth-order valence-corrected chi connectivity index (χ4v) is 3.23. The van der Waals surface area contributed by atoms with Gasteiger partial charge in [-0.05, 0) is 19.3 Å². The van der Waals surface area contributed by atoms with Crippen molar-refractivity contribution in [2.75, 3.05) is 6.67 Å². The Balaban J connectivity index is 0.00000162. The lowest BCUT2D eigenvalue weighted by Crippen LogP contribution is -2.50. The number of nitrogens with one attached hydrogen (secondary N) is 1. The van der Waals surface area contributed by atoms with Crippen LogP contribution in [-0.4, -0.2) is 31.3 Å². The van der Waals surface area contributed by atoms with Crippen molar-refractivity contribution in [1.82, 2.24) is 4.72 Å². The van der Waals surface area contributed by atoms with Crippen molar-refractivity contribution >= 4 is 28.3 Å². The minimum Gasteiger partial charge on any atom is -0.317 e. The molecule has 2 fully saturated rings. The molecule has 0 aromatic rings. The van der Waals surface area contributed by atoms with E-state index in [1.807, 2.05) is 4.72 Å². The maximum atomic E-state index is 12.7. The molecular formula is C10H16ClFN2O3S. The van der Waals surface area contributed by atoms with Crippen LogP contribution in [0.5, 0.6) is 0 Å². The lowest BCUT2D eigenvalue weighted by Gasteiger charge is -2.16. The van der Waals surface area contributed by atoms with Gasteiger partial charge in [-0.1, -0.05) is 6.08 Å². The molecule has 1 amide bonds. The zero-order chi connectivity index (χ0) is 12.9. The van der Waals surface area contributed by atoms with Crippen molar-refractivity contribution in [3.8, 4) is 0 Å². The molecule has 104 valence electrons. The van der Waals surface area contributed by atoms with E-state index < -0.39 is 32.9 Å². The van der Waals surface area contributed by atoms with Crippen molar-refractivity contribution in [2.45, 2.75) is 29.5 Å². The van der Waals surface area contributed by atoms with Crippen LogP contribution in [0.3, 0.4) is 0 Å². The van der Waals surface area contributed by atoms with Crippen molar-refractivity contribution in [3.05, 3.63) is 12.7 Å². The quantitative estimate of drug-likeness (QED) is 0.713. The van der Waals surface area contributed by atoms with Gasteiger partial charge in [-0.3, -0.25) is 9.52 Å². The maximum absolute atomic E-state index is 12.7. The van der Waals surface area contributed by atoms with Gasteiger partial charge in [-0.15, -0.1) is 19.0 Å². The Labute approximate surface area is 111 Å². The molecule has 0 spiro atoms. The van der Waals surface area contributed by atoms with Gasteiger partial charge >= 0.3 is 0 Å². The highest BCUT2D eigenvalue weighted by atomic mass is 35.5. The van der Waals surface area contributed by atoms with Gasteiger partial charge in [-0.25, -0.2) is 12.8 Å². The van der Waals surface area contributed by atoms with Gasteiger partial charge in [0, 0.05) is 5.92 Å². The summed E-state index contributed by atoms with van der Waals surface area (Å²) in [5.41, 5.74) is 4.52. The lowest BCUT2D eigenvalue weighted by molar-refractivity contribution is -0.121. The minimum absolute atomic E-state index is 0. The predicted octanol–water partition coefficient (Wildman–Crippen LogP) is 0.260. The van der Waals surface area contributed by atoms with Crippen LogP contribution in [0.1, 0.15) is 19.3 Å². The van der Waals surface area contributed by atoms with E-state index >= 15 is 0 Å². The number of carbonyl (C=O) groups excluding carboxylic acids is 1. The summed E-state index contributed by atoms with van der Waals surface area (Å²) in [6.07, 6.45) is 2.39. The molecule has 2 aliphatic rings. The molecule has 2 atom stereocenters. The van der Waals surface area contributed by atoms with Crippen LogP contribution in [0, 0.1) is 5.92 Å². The number of nitrogens with two attached hydrogens (primary N) is 1. The highest BCUT2D eigenvalue weighted by Crippen LogP contribution is 2.45. The second-order valence-corrected chi connectivity index (χ2v) is 6.91. The van der Waals surface area contributed by atoms with E-state index in [9.17, 15) is 17.6 Å². The van der Waals surface area contributed by atoms with Crippen LogP contribution in [0.25, 0.3) is 0 Å². The number of sulfonamides is 1. The van der Waals surface area contributed by atoms with Crippen LogP contribution >= 0.6 is 12.4 Å². The molecule has 0 aromatic heterocycles. The fourth-order valence-electron chi connectivity index (χ4n) is 1.80. The van der Waals surface area contributed by atoms with Gasteiger partial charge < -0.3 is 5.73 Å². The van der Waals surface area contributed by atoms with Crippen LogP contribution < -0.4 is 10.5 Å². The molecule has 5 nitrogen and oxygen atoms in total. The number of hydrogen-bond acceptors (Lipinski definition) is 4. The first-order valence-corrected chi connectivity index (χ1v) is 6.84. The molecule has 0 heterocycles. The van der Waals surface area contributed by atoms with E-state index in [2.05, 4.69) is 6.58 Å². The van der Waals surface area contributed by atoms with Gasteiger partial charge in [0.15, 0.2) is 0 Å². The highest BCUT2D eigenvalue weighted by molar-refractivity contribution is 7.91. The van der Waals surface area contributed by atoms with Gasteiger partial charge in [0.05, 0.1) is 0 Å². The molecule has 2 aliphatic carbocycles. The van der Waals surface area contributed by atoms with E-state index in [1.165, 1.54) is 6.08 Å². The third kappa shape index (κ3) is 2.15. The summed E-state index contributed by atoms with van der Waals surface area (Å²) in [7, 11) is -3.96. The smallest absolute Gasteiger partial charge is 0.254 e. The largest absolute Gasteiger partial charge is 0.317 e. The Hall–Kier alpha value is -0.660. The number of alkyl halides is 1. The third-order valence-corrected chi connectivity index (χ3v) is 5.73. The van der Waals surface area contributed by atoms with E-state index in [0.29, 0.717) is 6.42 Å². The van der Waals surface area contributed by atoms with Crippen molar-refractivity contribution in [2.24, 2.45) is 11.7 Å². The predicted molar refractivity (Wildman–Crippen MR) is 67.5 cm³/mol. The summed E-state index contributed by atoms with van der Waals surface area (Å²) < 4.78 is 36.7. The molecule has 0 aromatic carbocycles. The summed E-state index contributed by atoms with van der Waals surface area (Å²) in [5, 5.41) is 0. The van der Waals surface area contributed by atoms with E-state index in [1.54, 1.807) is 0 Å². The maximum Gasteiger partial charge on any atom is 0.254 e. The molecule has 0 bridgehead atoms. The topological polar surface area (TPSA) is 89.3 Å². The van der Waals surface area contributed by atoms with E-state index in [4.69, 9.17) is 5.73 Å². The molecule has 0 unspecified atom stereocenters. The Morgan fingerprint density at radius 2 is 2.11 bits per heavy atom. The molecule has 2 saturated carbocycles. The second kappa shape index (κ2) is 4.47. The van der Waals surface area contributed by atoms with Gasteiger partial charge in [0.2, 0.25) is 10.0 Å². The summed E-state index contributed by atoms with van der Waals surface area (Å²) in [4.78, 5) is 11.7. The standard InChI is InChI=1S/C10H15FN2O3S.ClH/c1-2-7-5-10(7,12)8(14)13-17(15,16)9(6-11)3-4-9;/h2,7H,1,3-6,12H2,(H,13,14);1H/t7-,10-;/m1./s1. The third-order valence-electron chi connectivity index (χ3n) is 3.61. The number of halogens is 2. The van der Waals surface area contributed by atoms with E-state index in [0.717, 1.165) is 0 Å². The number of carbonyl (C=O) groups is 1. The zero-order valence-corrected chi connectivity index (χ0v) is 11.3. The van der Waals surface area contributed by atoms with Crippen molar-refractivity contribution in [1.29, 1.82) is 0 Å². The summed E-state index contributed by atoms with van der Waals surface area (Å²) in [5.74, 6) is -0.972. The zero-order valence-electron chi connectivity index (χ0n) is 9.69. The van der Waals surface area contributed by atoms with Gasteiger partial charge in [0.1, 0.15) is 17.0 Å². The average molecular weight is 299 g/mol. The Morgan fingerprint density at radius 1 is 1.56 bits per heavy atom. The average Bonchev–Trinajstić information content (AvgIpc) is 3.11. The van der Waals surface area contributed by atoms with Crippen molar-refractivity contribution < 1.29 is 17.6 Å². The summed E-state index contributed by atoms with van der Waals surface area (Å²) in [6.45, 7) is 2.53. The molecule has 0 saturated heterocycles. The van der Waals surface area contributed by atoms with E-state index in [-0.39, 0.29) is 31.2 Å². The molecule has 3 N–H and O–H groups in total. The first kappa shape index (κ1) is 15.4. The number of rotatable bonds is 5. The Bertz CT molecular complexity index is 478. The number of hydrogen-bond donors (Lipinski definition) is 2. The first-order chi connectivity index (χ1) is 7.81. The van der Waals surface area contributed by atoms with Gasteiger partial charge in [-0.2, -0.15) is 0 Å². The minimum atomic E-state index is -3.96. The molecule has 8 heteroatoms. The Morgan fingerprint density at radius 3 is 2.44 bits per heavy atom. The normalized spacial score (nSPS) is 32.0. The van der Waals surface area contributed by atoms with Crippen LogP contribution in [-0.2, 0) is 14.8 Å². The molecule has 18 heavy (non-hydrogen) atoms. The molecular weight excluding hydrogens is 283 g/mol.